The Balaban J connectivity index is 1.48. The minimum atomic E-state index is 0.468. The van der Waals surface area contributed by atoms with E-state index in [1.54, 1.807) is 12.8 Å². The molecule has 2 nitrogen and oxygen atoms in total. The van der Waals surface area contributed by atoms with Gasteiger partial charge in [-0.1, -0.05) is 27.7 Å². The van der Waals surface area contributed by atoms with Gasteiger partial charge in [-0.3, -0.25) is 0 Å². The van der Waals surface area contributed by atoms with Crippen molar-refractivity contribution in [2.24, 2.45) is 44.8 Å². The second-order valence-corrected chi connectivity index (χ2v) is 14.2. The fourth-order valence-electron chi connectivity index (χ4n) is 11.4. The average Bonchev–Trinajstić information content (AvgIpc) is 3.23. The minimum absolute atomic E-state index is 0.468. The molecule has 0 heterocycles. The van der Waals surface area contributed by atoms with Gasteiger partial charge in [0, 0.05) is 12.1 Å². The van der Waals surface area contributed by atoms with Crippen molar-refractivity contribution in [3.8, 4) is 0 Å². The number of fused-ring (bicyclic) bond motifs is 2. The first-order chi connectivity index (χ1) is 13.9. The maximum atomic E-state index is 2.77. The van der Waals surface area contributed by atoms with Crippen molar-refractivity contribution in [2.45, 2.75) is 104 Å². The molecule has 5 fully saturated rings. The first kappa shape index (κ1) is 21.7. The summed E-state index contributed by atoms with van der Waals surface area (Å²) >= 11 is 0. The van der Waals surface area contributed by atoms with Crippen LogP contribution in [0.5, 0.6) is 0 Å². The molecule has 0 aliphatic heterocycles. The molecule has 0 aromatic heterocycles. The second kappa shape index (κ2) is 6.28. The van der Waals surface area contributed by atoms with Gasteiger partial charge in [-0.15, -0.1) is 0 Å². The molecule has 0 saturated heterocycles. The summed E-state index contributed by atoms with van der Waals surface area (Å²) in [6.45, 7) is 13.3. The van der Waals surface area contributed by atoms with Crippen molar-refractivity contribution in [3.05, 3.63) is 0 Å². The highest BCUT2D eigenvalue weighted by atomic mass is 15.1. The molecule has 0 amide bonds. The molecule has 30 heavy (non-hydrogen) atoms. The molecule has 0 bridgehead atoms. The average molecular weight is 415 g/mol. The summed E-state index contributed by atoms with van der Waals surface area (Å²) < 4.78 is 0. The van der Waals surface area contributed by atoms with Gasteiger partial charge in [0.05, 0.1) is 0 Å². The van der Waals surface area contributed by atoms with Crippen LogP contribution < -0.4 is 0 Å². The summed E-state index contributed by atoms with van der Waals surface area (Å²) in [5, 5.41) is 0. The van der Waals surface area contributed by atoms with Crippen LogP contribution in [0.3, 0.4) is 0 Å². The zero-order valence-corrected chi connectivity index (χ0v) is 21.6. The zero-order chi connectivity index (χ0) is 21.9. The summed E-state index contributed by atoms with van der Waals surface area (Å²) in [4.78, 5) is 5.06. The molecule has 0 aromatic rings. The number of hydrogen-bond acceptors (Lipinski definition) is 2. The first-order valence-electron chi connectivity index (χ1n) is 13.2. The molecule has 5 saturated carbocycles. The van der Waals surface area contributed by atoms with Crippen molar-refractivity contribution in [3.63, 3.8) is 0 Å². The first-order valence-corrected chi connectivity index (χ1v) is 13.2. The van der Waals surface area contributed by atoms with Crippen molar-refractivity contribution in [1.29, 1.82) is 0 Å². The predicted octanol–water partition coefficient (Wildman–Crippen LogP) is 6.31. The van der Waals surface area contributed by atoms with Gasteiger partial charge in [0.1, 0.15) is 0 Å². The number of nitrogens with zero attached hydrogens (tertiary/aromatic N) is 2. The molecule has 0 N–H and O–H groups in total. The Kier molecular flexibility index (Phi) is 4.55. The molecule has 0 aromatic carbocycles. The standard InChI is InChI=1S/C28H50N2/c1-19(29(6)7)20-12-14-26(5)22-11-10-21-24(2,3)23(30(8)9)13-15-27(21)18-28(22,27)17-16-25(20,26)4/h19-23H,10-18H2,1-9H3/t19-,20+,21-,22+,23-,25+,26-,27+,28-/m0/s1. The highest BCUT2D eigenvalue weighted by molar-refractivity contribution is 5.31. The highest BCUT2D eigenvalue weighted by Crippen LogP contribution is 2.89. The molecule has 0 radical (unpaired) electrons. The lowest BCUT2D eigenvalue weighted by molar-refractivity contribution is -0.152. The maximum absolute atomic E-state index is 2.77. The fraction of sp³-hybridized carbons (Fsp3) is 1.00. The molecule has 0 unspecified atom stereocenters. The number of rotatable bonds is 3. The SMILES string of the molecule is C[C@@H]([C@H]1CC[C@@]2(C)[C@H]3CC[C@H]4C(C)(C)[C@@H](N(C)C)CC[C@@]45C[C@@]35CC[C@]12C)N(C)C. The Hall–Kier alpha value is -0.0800. The van der Waals surface area contributed by atoms with Crippen LogP contribution >= 0.6 is 0 Å². The molecule has 2 heteroatoms. The van der Waals surface area contributed by atoms with E-state index in [1.807, 2.05) is 0 Å². The lowest BCUT2D eigenvalue weighted by Gasteiger charge is -2.64. The van der Waals surface area contributed by atoms with Crippen LogP contribution in [0.15, 0.2) is 0 Å². The van der Waals surface area contributed by atoms with Crippen LogP contribution in [0.25, 0.3) is 0 Å². The lowest BCUT2D eigenvalue weighted by Crippen LogP contribution is -2.59. The molecule has 5 aliphatic carbocycles. The molecular formula is C28H50N2. The molecule has 5 aliphatic rings. The topological polar surface area (TPSA) is 6.48 Å². The van der Waals surface area contributed by atoms with Gasteiger partial charge in [-0.25, -0.2) is 0 Å². The van der Waals surface area contributed by atoms with Gasteiger partial charge >= 0.3 is 0 Å². The summed E-state index contributed by atoms with van der Waals surface area (Å²) in [7, 11) is 9.27. The van der Waals surface area contributed by atoms with E-state index in [0.717, 1.165) is 23.8 Å². The predicted molar refractivity (Wildman–Crippen MR) is 128 cm³/mol. The third-order valence-corrected chi connectivity index (χ3v) is 13.2. The van der Waals surface area contributed by atoms with E-state index < -0.39 is 0 Å². The zero-order valence-electron chi connectivity index (χ0n) is 21.6. The normalized spacial score (nSPS) is 54.9. The van der Waals surface area contributed by atoms with Gasteiger partial charge in [-0.2, -0.15) is 0 Å². The van der Waals surface area contributed by atoms with E-state index >= 15 is 0 Å². The smallest absolute Gasteiger partial charge is 0.0143 e. The van der Waals surface area contributed by atoms with Gasteiger partial charge in [-0.05, 0) is 138 Å². The number of hydrogen-bond donors (Lipinski definition) is 0. The highest BCUT2D eigenvalue weighted by Gasteiger charge is 2.82. The summed E-state index contributed by atoms with van der Waals surface area (Å²) in [5.74, 6) is 2.82. The van der Waals surface area contributed by atoms with Crippen LogP contribution in [0, 0.1) is 44.8 Å². The van der Waals surface area contributed by atoms with Crippen molar-refractivity contribution >= 4 is 0 Å². The second-order valence-electron chi connectivity index (χ2n) is 14.2. The Morgan fingerprint density at radius 2 is 1.33 bits per heavy atom. The van der Waals surface area contributed by atoms with Crippen LogP contribution in [-0.2, 0) is 0 Å². The Bertz CT molecular complexity index is 711. The van der Waals surface area contributed by atoms with Gasteiger partial charge in [0.25, 0.3) is 0 Å². The van der Waals surface area contributed by atoms with E-state index in [0.29, 0.717) is 33.1 Å². The fourth-order valence-corrected chi connectivity index (χ4v) is 11.4. The van der Waals surface area contributed by atoms with E-state index in [9.17, 15) is 0 Å². The largest absolute Gasteiger partial charge is 0.306 e. The van der Waals surface area contributed by atoms with Gasteiger partial charge in [0.2, 0.25) is 0 Å². The van der Waals surface area contributed by atoms with Crippen LogP contribution in [0.1, 0.15) is 92.4 Å². The van der Waals surface area contributed by atoms with E-state index in [4.69, 9.17) is 0 Å². The van der Waals surface area contributed by atoms with E-state index in [-0.39, 0.29) is 0 Å². The van der Waals surface area contributed by atoms with Crippen LogP contribution in [0.4, 0.5) is 0 Å². The quantitative estimate of drug-likeness (QED) is 0.534. The Morgan fingerprint density at radius 1 is 0.700 bits per heavy atom. The van der Waals surface area contributed by atoms with Crippen molar-refractivity contribution < 1.29 is 0 Å². The van der Waals surface area contributed by atoms with Crippen molar-refractivity contribution in [2.75, 3.05) is 28.2 Å². The molecule has 2 spiro atoms. The van der Waals surface area contributed by atoms with E-state index in [2.05, 4.69) is 72.6 Å². The Labute approximate surface area is 187 Å². The summed E-state index contributed by atoms with van der Waals surface area (Å²) in [6.07, 6.45) is 13.5. The summed E-state index contributed by atoms with van der Waals surface area (Å²) in [6, 6.07) is 1.48. The molecular weight excluding hydrogens is 364 g/mol. The summed E-state index contributed by atoms with van der Waals surface area (Å²) in [5.41, 5.74) is 2.97. The molecule has 5 rings (SSSR count). The third-order valence-electron chi connectivity index (χ3n) is 13.2. The van der Waals surface area contributed by atoms with Gasteiger partial charge in [0.15, 0.2) is 0 Å². The molecule has 9 atom stereocenters. The van der Waals surface area contributed by atoms with E-state index in [1.165, 1.54) is 44.9 Å². The molecule has 172 valence electrons. The van der Waals surface area contributed by atoms with Gasteiger partial charge < -0.3 is 9.80 Å². The van der Waals surface area contributed by atoms with Crippen LogP contribution in [-0.4, -0.2) is 50.1 Å². The third kappa shape index (κ3) is 2.29. The maximum Gasteiger partial charge on any atom is 0.0143 e. The van der Waals surface area contributed by atoms with Crippen LogP contribution in [0.2, 0.25) is 0 Å². The minimum Gasteiger partial charge on any atom is -0.306 e. The Morgan fingerprint density at radius 3 is 1.97 bits per heavy atom. The lowest BCUT2D eigenvalue weighted by atomic mass is 9.41. The van der Waals surface area contributed by atoms with Crippen molar-refractivity contribution in [1.82, 2.24) is 9.80 Å². The monoisotopic (exact) mass is 414 g/mol.